The van der Waals surface area contributed by atoms with Crippen LogP contribution in [-0.4, -0.2) is 6.04 Å². The van der Waals surface area contributed by atoms with Crippen LogP contribution in [0.2, 0.25) is 0 Å². The van der Waals surface area contributed by atoms with Gasteiger partial charge in [0.05, 0.1) is 0 Å². The molecule has 0 aromatic heterocycles. The molecular weight excluding hydrogens is 170 g/mol. The minimum Gasteiger partial charge on any atom is -0.327 e. The topological polar surface area (TPSA) is 26.0 Å². The van der Waals surface area contributed by atoms with E-state index in [9.17, 15) is 0 Å². The van der Waals surface area contributed by atoms with Crippen LogP contribution in [0.1, 0.15) is 58.3 Å². The standard InChI is InChI=1S/C13H25N/c1-11(2)9-13(14)10-12-7-5-3-4-6-8-12/h12-13H,1,3-10,14H2,2H3. The quantitative estimate of drug-likeness (QED) is 0.538. The molecule has 82 valence electrons. The van der Waals surface area contributed by atoms with Crippen molar-refractivity contribution in [1.82, 2.24) is 0 Å². The average molecular weight is 195 g/mol. The second kappa shape index (κ2) is 6.23. The van der Waals surface area contributed by atoms with E-state index >= 15 is 0 Å². The molecule has 0 bridgehead atoms. The van der Waals surface area contributed by atoms with E-state index < -0.39 is 0 Å². The Bertz CT molecular complexity index is 166. The highest BCUT2D eigenvalue weighted by Gasteiger charge is 2.15. The normalized spacial score (nSPS) is 21.6. The maximum absolute atomic E-state index is 6.10. The summed E-state index contributed by atoms with van der Waals surface area (Å²) in [4.78, 5) is 0. The predicted octanol–water partition coefficient (Wildman–Crippen LogP) is 3.64. The number of hydrogen-bond donors (Lipinski definition) is 1. The molecule has 1 aliphatic carbocycles. The van der Waals surface area contributed by atoms with Gasteiger partial charge in [-0.05, 0) is 25.7 Å². The number of hydrogen-bond acceptors (Lipinski definition) is 1. The van der Waals surface area contributed by atoms with Crippen LogP contribution in [0.5, 0.6) is 0 Å². The van der Waals surface area contributed by atoms with E-state index in [4.69, 9.17) is 5.73 Å². The van der Waals surface area contributed by atoms with Crippen molar-refractivity contribution in [2.45, 2.75) is 64.3 Å². The van der Waals surface area contributed by atoms with Gasteiger partial charge in [-0.3, -0.25) is 0 Å². The minimum atomic E-state index is 0.357. The summed E-state index contributed by atoms with van der Waals surface area (Å²) in [6.07, 6.45) is 10.8. The van der Waals surface area contributed by atoms with E-state index in [2.05, 4.69) is 13.5 Å². The fourth-order valence-electron chi connectivity index (χ4n) is 2.56. The van der Waals surface area contributed by atoms with Crippen molar-refractivity contribution in [1.29, 1.82) is 0 Å². The van der Waals surface area contributed by atoms with E-state index in [1.165, 1.54) is 50.5 Å². The summed E-state index contributed by atoms with van der Waals surface area (Å²) >= 11 is 0. The van der Waals surface area contributed by atoms with E-state index in [1.54, 1.807) is 0 Å². The van der Waals surface area contributed by atoms with E-state index in [0.717, 1.165) is 12.3 Å². The third kappa shape index (κ3) is 4.80. The third-order valence-corrected chi connectivity index (χ3v) is 3.22. The molecule has 0 heterocycles. The Kier molecular flexibility index (Phi) is 5.24. The largest absolute Gasteiger partial charge is 0.327 e. The lowest BCUT2D eigenvalue weighted by Gasteiger charge is -2.19. The van der Waals surface area contributed by atoms with Gasteiger partial charge in [0.15, 0.2) is 0 Å². The molecular formula is C13H25N. The van der Waals surface area contributed by atoms with Crippen LogP contribution in [0.25, 0.3) is 0 Å². The Morgan fingerprint density at radius 1 is 1.29 bits per heavy atom. The van der Waals surface area contributed by atoms with Crippen molar-refractivity contribution >= 4 is 0 Å². The molecule has 0 spiro atoms. The van der Waals surface area contributed by atoms with Crippen LogP contribution >= 0.6 is 0 Å². The SMILES string of the molecule is C=C(C)CC(N)CC1CCCCCC1. The highest BCUT2D eigenvalue weighted by atomic mass is 14.6. The summed E-state index contributed by atoms with van der Waals surface area (Å²) < 4.78 is 0. The van der Waals surface area contributed by atoms with Gasteiger partial charge in [-0.2, -0.15) is 0 Å². The summed E-state index contributed by atoms with van der Waals surface area (Å²) in [6, 6.07) is 0.357. The molecule has 1 nitrogen and oxygen atoms in total. The zero-order chi connectivity index (χ0) is 10.4. The van der Waals surface area contributed by atoms with Crippen LogP contribution in [0, 0.1) is 5.92 Å². The molecule has 0 aromatic rings. The highest BCUT2D eigenvalue weighted by Crippen LogP contribution is 2.26. The molecule has 1 atom stereocenters. The van der Waals surface area contributed by atoms with Crippen LogP contribution in [0.4, 0.5) is 0 Å². The summed E-state index contributed by atoms with van der Waals surface area (Å²) in [7, 11) is 0. The van der Waals surface area contributed by atoms with Crippen molar-refractivity contribution in [2.24, 2.45) is 11.7 Å². The van der Waals surface area contributed by atoms with Crippen molar-refractivity contribution in [2.75, 3.05) is 0 Å². The number of rotatable bonds is 4. The second-order valence-corrected chi connectivity index (χ2v) is 5.01. The summed E-state index contributed by atoms with van der Waals surface area (Å²) in [5, 5.41) is 0. The van der Waals surface area contributed by atoms with Gasteiger partial charge in [0.25, 0.3) is 0 Å². The van der Waals surface area contributed by atoms with Gasteiger partial charge in [-0.1, -0.05) is 44.1 Å². The first-order chi connectivity index (χ1) is 6.68. The Labute approximate surface area is 88.8 Å². The van der Waals surface area contributed by atoms with Crippen molar-refractivity contribution in [3.63, 3.8) is 0 Å². The first-order valence-electron chi connectivity index (χ1n) is 6.08. The molecule has 0 aliphatic heterocycles. The van der Waals surface area contributed by atoms with Crippen molar-refractivity contribution in [3.8, 4) is 0 Å². The van der Waals surface area contributed by atoms with Gasteiger partial charge in [0.2, 0.25) is 0 Å². The van der Waals surface area contributed by atoms with E-state index in [0.29, 0.717) is 6.04 Å². The smallest absolute Gasteiger partial charge is 0.00785 e. The van der Waals surface area contributed by atoms with Crippen molar-refractivity contribution < 1.29 is 0 Å². The highest BCUT2D eigenvalue weighted by molar-refractivity contribution is 4.92. The molecule has 2 N–H and O–H groups in total. The van der Waals surface area contributed by atoms with E-state index in [-0.39, 0.29) is 0 Å². The van der Waals surface area contributed by atoms with Gasteiger partial charge in [-0.25, -0.2) is 0 Å². The lowest BCUT2D eigenvalue weighted by Crippen LogP contribution is -2.23. The molecule has 0 saturated heterocycles. The van der Waals surface area contributed by atoms with E-state index in [1.807, 2.05) is 0 Å². The fraction of sp³-hybridized carbons (Fsp3) is 0.846. The molecule has 14 heavy (non-hydrogen) atoms. The zero-order valence-electron chi connectivity index (χ0n) is 9.60. The average Bonchev–Trinajstić information content (AvgIpc) is 2.31. The minimum absolute atomic E-state index is 0.357. The van der Waals surface area contributed by atoms with Gasteiger partial charge in [0, 0.05) is 6.04 Å². The second-order valence-electron chi connectivity index (χ2n) is 5.01. The van der Waals surface area contributed by atoms with Gasteiger partial charge in [-0.15, -0.1) is 6.58 Å². The molecule has 0 radical (unpaired) electrons. The van der Waals surface area contributed by atoms with Crippen LogP contribution in [0.15, 0.2) is 12.2 Å². The van der Waals surface area contributed by atoms with Gasteiger partial charge < -0.3 is 5.73 Å². The first-order valence-corrected chi connectivity index (χ1v) is 6.08. The fourth-order valence-corrected chi connectivity index (χ4v) is 2.56. The lowest BCUT2D eigenvalue weighted by molar-refractivity contribution is 0.387. The van der Waals surface area contributed by atoms with Gasteiger partial charge >= 0.3 is 0 Å². The van der Waals surface area contributed by atoms with Gasteiger partial charge in [0.1, 0.15) is 0 Å². The maximum atomic E-state index is 6.10. The summed E-state index contributed by atoms with van der Waals surface area (Å²) in [5.74, 6) is 0.895. The monoisotopic (exact) mass is 195 g/mol. The predicted molar refractivity (Wildman–Crippen MR) is 63.2 cm³/mol. The van der Waals surface area contributed by atoms with Crippen LogP contribution < -0.4 is 5.73 Å². The molecule has 1 fully saturated rings. The summed E-state index contributed by atoms with van der Waals surface area (Å²) in [5.41, 5.74) is 7.32. The third-order valence-electron chi connectivity index (χ3n) is 3.22. The zero-order valence-corrected chi connectivity index (χ0v) is 9.60. The van der Waals surface area contributed by atoms with Crippen LogP contribution in [0.3, 0.4) is 0 Å². The molecule has 1 heteroatoms. The Hall–Kier alpha value is -0.300. The molecule has 0 amide bonds. The molecule has 1 unspecified atom stereocenters. The number of nitrogens with two attached hydrogens (primary N) is 1. The molecule has 1 rings (SSSR count). The maximum Gasteiger partial charge on any atom is 0.00785 e. The Morgan fingerprint density at radius 3 is 2.36 bits per heavy atom. The Balaban J connectivity index is 2.23. The molecule has 0 aromatic carbocycles. The van der Waals surface area contributed by atoms with Crippen molar-refractivity contribution in [3.05, 3.63) is 12.2 Å². The summed E-state index contributed by atoms with van der Waals surface area (Å²) in [6.45, 7) is 6.00. The molecule has 1 aliphatic rings. The Morgan fingerprint density at radius 2 is 1.86 bits per heavy atom. The molecule has 1 saturated carbocycles. The van der Waals surface area contributed by atoms with Crippen LogP contribution in [-0.2, 0) is 0 Å². The first kappa shape index (κ1) is 11.8. The lowest BCUT2D eigenvalue weighted by atomic mass is 9.91.